The predicted octanol–water partition coefficient (Wildman–Crippen LogP) is 3.44. The molecule has 0 aliphatic carbocycles. The van der Waals surface area contributed by atoms with Gasteiger partial charge in [0.2, 0.25) is 5.91 Å². The summed E-state index contributed by atoms with van der Waals surface area (Å²) in [4.78, 5) is 26.0. The summed E-state index contributed by atoms with van der Waals surface area (Å²) >= 11 is 3.45. The molecule has 0 bridgehead atoms. The predicted molar refractivity (Wildman–Crippen MR) is 106 cm³/mol. The molecule has 0 fully saturated rings. The number of benzene rings is 2. The summed E-state index contributed by atoms with van der Waals surface area (Å²) in [6.07, 6.45) is 0.465. The van der Waals surface area contributed by atoms with E-state index >= 15 is 0 Å². The van der Waals surface area contributed by atoms with Crippen molar-refractivity contribution in [3.63, 3.8) is 0 Å². The lowest BCUT2D eigenvalue weighted by Gasteiger charge is -2.22. The molecule has 1 aliphatic rings. The molecule has 6 nitrogen and oxygen atoms in total. The van der Waals surface area contributed by atoms with Gasteiger partial charge in [-0.2, -0.15) is 0 Å². The highest BCUT2D eigenvalue weighted by Gasteiger charge is 2.28. The van der Waals surface area contributed by atoms with Gasteiger partial charge < -0.3 is 20.1 Å². The second kappa shape index (κ2) is 8.54. The van der Waals surface area contributed by atoms with Gasteiger partial charge in [-0.1, -0.05) is 40.2 Å². The van der Waals surface area contributed by atoms with E-state index in [0.717, 1.165) is 22.1 Å². The number of fused-ring (bicyclic) bond motifs is 1. The molecular weight excluding hydrogens is 412 g/mol. The summed E-state index contributed by atoms with van der Waals surface area (Å²) in [7, 11) is 0. The number of halogens is 1. The van der Waals surface area contributed by atoms with Gasteiger partial charge in [0.15, 0.2) is 0 Å². The van der Waals surface area contributed by atoms with Gasteiger partial charge in [0, 0.05) is 16.7 Å². The molecule has 2 N–H and O–H groups in total. The molecule has 0 spiro atoms. The first-order chi connectivity index (χ1) is 13.0. The zero-order valence-electron chi connectivity index (χ0n) is 15.0. The lowest BCUT2D eigenvalue weighted by atomic mass is 10.1. The summed E-state index contributed by atoms with van der Waals surface area (Å²) < 4.78 is 10.5. The van der Waals surface area contributed by atoms with E-state index in [-0.39, 0.29) is 12.5 Å². The fraction of sp³-hybridized carbons (Fsp3) is 0.300. The van der Waals surface area contributed by atoms with Crippen molar-refractivity contribution in [1.29, 1.82) is 0 Å². The lowest BCUT2D eigenvalue weighted by molar-refractivity contribution is -0.119. The Morgan fingerprint density at radius 2 is 2.04 bits per heavy atom. The van der Waals surface area contributed by atoms with Crippen LogP contribution in [-0.4, -0.2) is 31.3 Å². The van der Waals surface area contributed by atoms with Crippen molar-refractivity contribution in [2.45, 2.75) is 25.8 Å². The van der Waals surface area contributed by atoms with Crippen LogP contribution in [0, 0.1) is 0 Å². The molecule has 0 radical (unpaired) electrons. The third-order valence-electron chi connectivity index (χ3n) is 4.40. The average molecular weight is 433 g/mol. The molecule has 1 aliphatic heterocycles. The Hall–Kier alpha value is -2.38. The van der Waals surface area contributed by atoms with Crippen LogP contribution < -0.4 is 15.4 Å². The van der Waals surface area contributed by atoms with Crippen molar-refractivity contribution < 1.29 is 19.1 Å². The number of carbonyl (C=O) groups is 2. The first kappa shape index (κ1) is 19.4. The summed E-state index contributed by atoms with van der Waals surface area (Å²) in [6.45, 7) is 2.60. The minimum Gasteiger partial charge on any atom is -0.434 e. The Labute approximate surface area is 166 Å². The van der Waals surface area contributed by atoms with Gasteiger partial charge >= 0.3 is 6.16 Å². The van der Waals surface area contributed by atoms with Crippen molar-refractivity contribution in [3.05, 3.63) is 58.1 Å². The van der Waals surface area contributed by atoms with Gasteiger partial charge in [0.1, 0.15) is 5.75 Å². The first-order valence-corrected chi connectivity index (χ1v) is 9.56. The molecule has 1 atom stereocenters. The molecular formula is C20H21BrN2O4. The maximum Gasteiger partial charge on any atom is 0.513 e. The van der Waals surface area contributed by atoms with E-state index < -0.39 is 12.2 Å². The molecule has 27 heavy (non-hydrogen) atoms. The normalized spacial score (nSPS) is 13.8. The topological polar surface area (TPSA) is 81.9 Å². The Balaban J connectivity index is 1.66. The van der Waals surface area contributed by atoms with Gasteiger partial charge in [-0.15, -0.1) is 0 Å². The summed E-state index contributed by atoms with van der Waals surface area (Å²) in [5.41, 5.74) is 9.16. The van der Waals surface area contributed by atoms with Crippen LogP contribution in [0.2, 0.25) is 0 Å². The molecule has 2 aromatic carbocycles. The van der Waals surface area contributed by atoms with Crippen LogP contribution in [0.25, 0.3) is 0 Å². The van der Waals surface area contributed by atoms with Crippen molar-refractivity contribution >= 4 is 33.7 Å². The molecule has 0 aromatic heterocycles. The largest absolute Gasteiger partial charge is 0.513 e. The van der Waals surface area contributed by atoms with Crippen molar-refractivity contribution in [2.24, 2.45) is 5.73 Å². The number of hydrogen-bond donors (Lipinski definition) is 1. The molecule has 2 aromatic rings. The monoisotopic (exact) mass is 432 g/mol. The van der Waals surface area contributed by atoms with Crippen LogP contribution in [0.1, 0.15) is 18.1 Å². The molecule has 7 heteroatoms. The van der Waals surface area contributed by atoms with E-state index in [1.54, 1.807) is 30.0 Å². The molecule has 0 unspecified atom stereocenters. The van der Waals surface area contributed by atoms with E-state index in [9.17, 15) is 9.59 Å². The van der Waals surface area contributed by atoms with Crippen LogP contribution in [0.15, 0.2) is 46.9 Å². The van der Waals surface area contributed by atoms with Crippen LogP contribution in [-0.2, 0) is 22.4 Å². The van der Waals surface area contributed by atoms with E-state index in [1.165, 1.54) is 5.56 Å². The molecule has 0 saturated heterocycles. The number of amides is 1. The summed E-state index contributed by atoms with van der Waals surface area (Å²) in [5, 5.41) is 0. The number of ether oxygens (including phenoxy) is 2. The Kier molecular flexibility index (Phi) is 6.13. The van der Waals surface area contributed by atoms with Crippen molar-refractivity contribution in [2.75, 3.05) is 18.1 Å². The molecule has 3 rings (SSSR count). The van der Waals surface area contributed by atoms with Crippen LogP contribution in [0.4, 0.5) is 10.5 Å². The number of nitrogens with two attached hydrogens (primary N) is 1. The van der Waals surface area contributed by atoms with E-state index in [4.69, 9.17) is 15.2 Å². The Bertz CT molecular complexity index is 856. The third-order valence-corrected chi connectivity index (χ3v) is 5.14. The van der Waals surface area contributed by atoms with Gasteiger partial charge in [-0.3, -0.25) is 4.79 Å². The first-order valence-electron chi connectivity index (χ1n) is 8.77. The zero-order chi connectivity index (χ0) is 19.4. The number of carbonyl (C=O) groups excluding carboxylic acids is 2. The Morgan fingerprint density at radius 1 is 1.26 bits per heavy atom. The second-order valence-electron chi connectivity index (χ2n) is 6.22. The highest BCUT2D eigenvalue weighted by molar-refractivity contribution is 9.10. The average Bonchev–Trinajstić information content (AvgIpc) is 3.07. The number of rotatable bonds is 5. The lowest BCUT2D eigenvalue weighted by Crippen LogP contribution is -2.44. The van der Waals surface area contributed by atoms with Crippen LogP contribution in [0.3, 0.4) is 0 Å². The van der Waals surface area contributed by atoms with Gasteiger partial charge in [-0.05, 0) is 49.1 Å². The minimum atomic E-state index is -0.753. The zero-order valence-corrected chi connectivity index (χ0v) is 16.6. The fourth-order valence-corrected chi connectivity index (χ4v) is 3.61. The number of hydrogen-bond acceptors (Lipinski definition) is 5. The van der Waals surface area contributed by atoms with E-state index in [0.29, 0.717) is 18.7 Å². The number of anilines is 1. The standard InChI is InChI=1S/C20H21BrN2O4/c1-2-26-20(25)27-15-8-7-14(16(21)12-15)11-17(22)19(24)23-10-9-13-5-3-4-6-18(13)23/h3-8,12,17H,2,9-11,22H2,1H3/t17-/m1/s1. The quantitative estimate of drug-likeness (QED) is 0.577. The minimum absolute atomic E-state index is 0.0984. The van der Waals surface area contributed by atoms with Gasteiger partial charge in [0.25, 0.3) is 0 Å². The van der Waals surface area contributed by atoms with Crippen molar-refractivity contribution in [3.8, 4) is 5.75 Å². The summed E-state index contributed by atoms with van der Waals surface area (Å²) in [5.74, 6) is 0.260. The second-order valence-corrected chi connectivity index (χ2v) is 7.07. The van der Waals surface area contributed by atoms with Crippen LogP contribution in [0.5, 0.6) is 5.75 Å². The van der Waals surface area contributed by atoms with Crippen molar-refractivity contribution in [1.82, 2.24) is 0 Å². The van der Waals surface area contributed by atoms with Gasteiger partial charge in [0.05, 0.1) is 12.6 Å². The van der Waals surface area contributed by atoms with E-state index in [1.807, 2.05) is 24.3 Å². The molecule has 1 heterocycles. The SMILES string of the molecule is CCOC(=O)Oc1ccc(C[C@@H](N)C(=O)N2CCc3ccccc32)c(Br)c1. The highest BCUT2D eigenvalue weighted by Crippen LogP contribution is 2.29. The highest BCUT2D eigenvalue weighted by atomic mass is 79.9. The summed E-state index contributed by atoms with van der Waals surface area (Å²) in [6, 6.07) is 12.3. The fourth-order valence-electron chi connectivity index (χ4n) is 3.09. The third kappa shape index (κ3) is 4.48. The number of para-hydroxylation sites is 1. The smallest absolute Gasteiger partial charge is 0.434 e. The van der Waals surface area contributed by atoms with E-state index in [2.05, 4.69) is 15.9 Å². The van der Waals surface area contributed by atoms with Crippen LogP contribution >= 0.6 is 15.9 Å². The molecule has 0 saturated carbocycles. The molecule has 142 valence electrons. The maximum absolute atomic E-state index is 12.8. The molecule has 1 amide bonds. The maximum atomic E-state index is 12.8. The van der Waals surface area contributed by atoms with Gasteiger partial charge in [-0.25, -0.2) is 4.79 Å². The number of nitrogens with zero attached hydrogens (tertiary/aromatic N) is 1. The Morgan fingerprint density at radius 3 is 2.78 bits per heavy atom.